The predicted octanol–water partition coefficient (Wildman–Crippen LogP) is 3.65. The van der Waals surface area contributed by atoms with Crippen molar-refractivity contribution in [3.8, 4) is 0 Å². The molecule has 0 heterocycles. The molecule has 1 aromatic carbocycles. The molecule has 0 aliphatic rings. The fourth-order valence-corrected chi connectivity index (χ4v) is 2.92. The smallest absolute Gasteiger partial charge is 0.407 e. The summed E-state index contributed by atoms with van der Waals surface area (Å²) in [6.07, 6.45) is 0.890. The van der Waals surface area contributed by atoms with Gasteiger partial charge in [-0.3, -0.25) is 9.59 Å². The van der Waals surface area contributed by atoms with Gasteiger partial charge in [-0.05, 0) is 37.7 Å². The second-order valence-electron chi connectivity index (χ2n) is 6.92. The number of amides is 1. The molecule has 1 aromatic rings. The van der Waals surface area contributed by atoms with Crippen molar-refractivity contribution >= 4 is 17.8 Å². The number of carbonyl (C=O) groups excluding carboxylic acids is 2. The second kappa shape index (κ2) is 11.3. The fourth-order valence-electron chi connectivity index (χ4n) is 2.92. The van der Waals surface area contributed by atoms with Crippen LogP contribution in [0.5, 0.6) is 0 Å². The number of hydrogen-bond donors (Lipinski definition) is 2. The number of rotatable bonds is 11. The summed E-state index contributed by atoms with van der Waals surface area (Å²) in [5.41, 5.74) is 0.900. The summed E-state index contributed by atoms with van der Waals surface area (Å²) in [6.45, 7) is 5.85. The minimum absolute atomic E-state index is 0.121. The van der Waals surface area contributed by atoms with E-state index in [1.54, 1.807) is 0 Å². The Labute approximate surface area is 154 Å². The number of ether oxygens (including phenoxy) is 1. The maximum atomic E-state index is 11.9. The number of carboxylic acids is 1. The van der Waals surface area contributed by atoms with E-state index in [-0.39, 0.29) is 18.3 Å². The zero-order valence-electron chi connectivity index (χ0n) is 15.7. The first-order valence-corrected chi connectivity index (χ1v) is 8.99. The maximum absolute atomic E-state index is 11.9. The molecule has 1 amide bonds. The van der Waals surface area contributed by atoms with Crippen molar-refractivity contribution < 1.29 is 24.2 Å². The number of aliphatic carboxylic acids is 1. The summed E-state index contributed by atoms with van der Waals surface area (Å²) in [4.78, 5) is 35.1. The van der Waals surface area contributed by atoms with Crippen molar-refractivity contribution in [1.29, 1.82) is 0 Å². The van der Waals surface area contributed by atoms with Gasteiger partial charge in [0.2, 0.25) is 0 Å². The van der Waals surface area contributed by atoms with E-state index in [1.165, 1.54) is 6.92 Å². The lowest BCUT2D eigenvalue weighted by atomic mass is 9.80. The lowest BCUT2D eigenvalue weighted by molar-refractivity contribution is -0.147. The van der Waals surface area contributed by atoms with Crippen LogP contribution in [-0.4, -0.2) is 29.5 Å². The molecular weight excluding hydrogens is 334 g/mol. The van der Waals surface area contributed by atoms with Gasteiger partial charge >= 0.3 is 12.1 Å². The zero-order valence-corrected chi connectivity index (χ0v) is 15.7. The average Bonchev–Trinajstić information content (AvgIpc) is 2.58. The third kappa shape index (κ3) is 8.14. The molecule has 1 rings (SSSR count). The molecule has 2 atom stereocenters. The van der Waals surface area contributed by atoms with Gasteiger partial charge in [-0.1, -0.05) is 44.2 Å². The van der Waals surface area contributed by atoms with Gasteiger partial charge in [-0.15, -0.1) is 0 Å². The zero-order chi connectivity index (χ0) is 19.5. The SMILES string of the molecule is CC(=O)[C@@H](CCCNC(=O)OCc1ccccc1)[C@@H](CC(C)C)C(=O)O. The highest BCUT2D eigenvalue weighted by Gasteiger charge is 2.31. The average molecular weight is 363 g/mol. The molecule has 0 bridgehead atoms. The highest BCUT2D eigenvalue weighted by Crippen LogP contribution is 2.26. The van der Waals surface area contributed by atoms with Crippen LogP contribution in [0.25, 0.3) is 0 Å². The fraction of sp³-hybridized carbons (Fsp3) is 0.550. The number of carbonyl (C=O) groups is 3. The quantitative estimate of drug-likeness (QED) is 0.586. The number of carboxylic acid groups (broad SMARTS) is 1. The molecule has 0 radical (unpaired) electrons. The topological polar surface area (TPSA) is 92.7 Å². The third-order valence-electron chi connectivity index (χ3n) is 4.22. The number of alkyl carbamates (subject to hydrolysis) is 1. The van der Waals surface area contributed by atoms with Crippen LogP contribution >= 0.6 is 0 Å². The summed E-state index contributed by atoms with van der Waals surface area (Å²) >= 11 is 0. The van der Waals surface area contributed by atoms with E-state index in [2.05, 4.69) is 5.32 Å². The summed E-state index contributed by atoms with van der Waals surface area (Å²) in [5, 5.41) is 12.1. The molecule has 0 saturated heterocycles. The van der Waals surface area contributed by atoms with E-state index >= 15 is 0 Å². The summed E-state index contributed by atoms with van der Waals surface area (Å²) in [7, 11) is 0. The Morgan fingerprint density at radius 2 is 1.77 bits per heavy atom. The van der Waals surface area contributed by atoms with Gasteiger partial charge in [0.25, 0.3) is 0 Å². The molecule has 0 aliphatic heterocycles. The van der Waals surface area contributed by atoms with Gasteiger partial charge in [-0.2, -0.15) is 0 Å². The van der Waals surface area contributed by atoms with Crippen LogP contribution in [0.1, 0.15) is 45.6 Å². The van der Waals surface area contributed by atoms with E-state index in [1.807, 2.05) is 44.2 Å². The van der Waals surface area contributed by atoms with Gasteiger partial charge in [0, 0.05) is 12.5 Å². The number of benzene rings is 1. The first kappa shape index (κ1) is 21.7. The number of hydrogen-bond acceptors (Lipinski definition) is 4. The van der Waals surface area contributed by atoms with Crippen molar-refractivity contribution in [2.75, 3.05) is 6.54 Å². The van der Waals surface area contributed by atoms with Crippen molar-refractivity contribution in [3.05, 3.63) is 35.9 Å². The monoisotopic (exact) mass is 363 g/mol. The molecule has 6 heteroatoms. The Balaban J connectivity index is 2.39. The van der Waals surface area contributed by atoms with Crippen LogP contribution in [-0.2, 0) is 20.9 Å². The highest BCUT2D eigenvalue weighted by atomic mass is 16.5. The molecule has 0 aliphatic carbocycles. The van der Waals surface area contributed by atoms with Gasteiger partial charge in [0.1, 0.15) is 12.4 Å². The lowest BCUT2D eigenvalue weighted by Gasteiger charge is -2.23. The number of ketones is 1. The molecule has 6 nitrogen and oxygen atoms in total. The molecule has 0 unspecified atom stereocenters. The second-order valence-corrected chi connectivity index (χ2v) is 6.92. The normalized spacial score (nSPS) is 13.1. The van der Waals surface area contributed by atoms with Crippen molar-refractivity contribution in [2.45, 2.75) is 46.6 Å². The van der Waals surface area contributed by atoms with Crippen molar-refractivity contribution in [3.63, 3.8) is 0 Å². The van der Waals surface area contributed by atoms with Crippen LogP contribution < -0.4 is 5.32 Å². The largest absolute Gasteiger partial charge is 0.481 e. The Bertz CT molecular complexity index is 585. The van der Waals surface area contributed by atoms with E-state index in [9.17, 15) is 19.5 Å². The standard InChI is InChI=1S/C20H29NO5/c1-14(2)12-18(19(23)24)17(15(3)22)10-7-11-21-20(25)26-13-16-8-5-4-6-9-16/h4-6,8-9,14,17-18H,7,10-13H2,1-3H3,(H,21,25)(H,23,24)/t17-,18-/m1/s1. The third-order valence-corrected chi connectivity index (χ3v) is 4.22. The van der Waals surface area contributed by atoms with Crippen LogP contribution in [0.15, 0.2) is 30.3 Å². The molecular formula is C20H29NO5. The van der Waals surface area contributed by atoms with Gasteiger partial charge < -0.3 is 15.2 Å². The number of nitrogens with one attached hydrogen (secondary N) is 1. The molecule has 2 N–H and O–H groups in total. The van der Waals surface area contributed by atoms with E-state index < -0.39 is 23.9 Å². The molecule has 144 valence electrons. The minimum atomic E-state index is -0.936. The highest BCUT2D eigenvalue weighted by molar-refractivity contribution is 5.84. The molecule has 0 spiro atoms. The Morgan fingerprint density at radius 1 is 1.12 bits per heavy atom. The predicted molar refractivity (Wildman–Crippen MR) is 98.6 cm³/mol. The van der Waals surface area contributed by atoms with E-state index in [4.69, 9.17) is 4.74 Å². The Kier molecular flexibility index (Phi) is 9.41. The van der Waals surface area contributed by atoms with Gasteiger partial charge in [-0.25, -0.2) is 4.79 Å². The van der Waals surface area contributed by atoms with Crippen LogP contribution in [0, 0.1) is 17.8 Å². The molecule has 26 heavy (non-hydrogen) atoms. The summed E-state index contributed by atoms with van der Waals surface area (Å²) < 4.78 is 5.11. The number of Topliss-reactive ketones (excluding diaryl/α,β-unsaturated/α-hetero) is 1. The van der Waals surface area contributed by atoms with E-state index in [0.717, 1.165) is 5.56 Å². The summed E-state index contributed by atoms with van der Waals surface area (Å²) in [6, 6.07) is 9.36. The molecule has 0 aromatic heterocycles. The minimum Gasteiger partial charge on any atom is -0.481 e. The maximum Gasteiger partial charge on any atom is 0.407 e. The first-order valence-electron chi connectivity index (χ1n) is 8.99. The lowest BCUT2D eigenvalue weighted by Crippen LogP contribution is -2.31. The van der Waals surface area contributed by atoms with Gasteiger partial charge in [0.15, 0.2) is 0 Å². The Morgan fingerprint density at radius 3 is 2.31 bits per heavy atom. The van der Waals surface area contributed by atoms with Crippen LogP contribution in [0.4, 0.5) is 4.79 Å². The first-order chi connectivity index (χ1) is 12.3. The van der Waals surface area contributed by atoms with Crippen LogP contribution in [0.3, 0.4) is 0 Å². The van der Waals surface area contributed by atoms with Crippen LogP contribution in [0.2, 0.25) is 0 Å². The Hall–Kier alpha value is -2.37. The van der Waals surface area contributed by atoms with Gasteiger partial charge in [0.05, 0.1) is 5.92 Å². The van der Waals surface area contributed by atoms with E-state index in [0.29, 0.717) is 25.8 Å². The molecule has 0 fully saturated rings. The van der Waals surface area contributed by atoms with Crippen molar-refractivity contribution in [1.82, 2.24) is 5.32 Å². The van der Waals surface area contributed by atoms with Crippen molar-refractivity contribution in [2.24, 2.45) is 17.8 Å². The molecule has 0 saturated carbocycles. The summed E-state index contributed by atoms with van der Waals surface area (Å²) in [5.74, 6) is -2.07.